The zero-order valence-corrected chi connectivity index (χ0v) is 9.37. The molecule has 2 fully saturated rings. The maximum absolute atomic E-state index is 10.8. The molecular formula is C12H20O3. The molecule has 1 spiro atoms. The fraction of sp³-hybridized carbons (Fsp3) is 0.917. The largest absolute Gasteiger partial charge is 0.382 e. The zero-order chi connectivity index (χ0) is 10.9. The Morgan fingerprint density at radius 3 is 2.73 bits per heavy atom. The third kappa shape index (κ3) is 2.08. The lowest BCUT2D eigenvalue weighted by molar-refractivity contribution is -0.148. The molecule has 1 N–H and O–H groups in total. The normalized spacial score (nSPS) is 33.9. The van der Waals surface area contributed by atoms with Gasteiger partial charge in [0.2, 0.25) is 0 Å². The first-order valence-electron chi connectivity index (χ1n) is 5.91. The molecule has 2 rings (SSSR count). The Morgan fingerprint density at radius 2 is 2.13 bits per heavy atom. The van der Waals surface area contributed by atoms with Gasteiger partial charge >= 0.3 is 0 Å². The van der Waals surface area contributed by atoms with Crippen LogP contribution in [-0.4, -0.2) is 29.2 Å². The molecule has 3 heteroatoms. The lowest BCUT2D eigenvalue weighted by Crippen LogP contribution is -2.46. The Morgan fingerprint density at radius 1 is 1.47 bits per heavy atom. The first kappa shape index (κ1) is 11.1. The highest BCUT2D eigenvalue weighted by molar-refractivity contribution is 5.61. The number of aliphatic hydroxyl groups is 1. The molecule has 2 aliphatic rings. The molecule has 0 aromatic rings. The van der Waals surface area contributed by atoms with Gasteiger partial charge in [-0.3, -0.25) is 0 Å². The zero-order valence-electron chi connectivity index (χ0n) is 9.37. The van der Waals surface area contributed by atoms with Crippen molar-refractivity contribution in [3.8, 4) is 0 Å². The molecule has 15 heavy (non-hydrogen) atoms. The van der Waals surface area contributed by atoms with Crippen LogP contribution in [0.3, 0.4) is 0 Å². The van der Waals surface area contributed by atoms with Crippen LogP contribution in [0.15, 0.2) is 0 Å². The molecule has 2 unspecified atom stereocenters. The van der Waals surface area contributed by atoms with E-state index in [1.54, 1.807) is 6.92 Å². The Bertz CT molecular complexity index is 241. The van der Waals surface area contributed by atoms with E-state index in [2.05, 4.69) is 0 Å². The van der Waals surface area contributed by atoms with Gasteiger partial charge in [0.15, 0.2) is 6.29 Å². The number of carbonyl (C=O) groups is 1. The second-order valence-corrected chi connectivity index (χ2v) is 5.27. The van der Waals surface area contributed by atoms with Gasteiger partial charge in [-0.1, -0.05) is 12.8 Å². The Hall–Kier alpha value is -0.410. The van der Waals surface area contributed by atoms with Crippen molar-refractivity contribution in [2.45, 2.75) is 56.7 Å². The Balaban J connectivity index is 2.07. The average Bonchev–Trinajstić information content (AvgIpc) is 2.66. The van der Waals surface area contributed by atoms with Crippen molar-refractivity contribution in [3.63, 3.8) is 0 Å². The minimum absolute atomic E-state index is 0.0179. The first-order valence-corrected chi connectivity index (χ1v) is 5.91. The maximum atomic E-state index is 10.8. The highest BCUT2D eigenvalue weighted by Gasteiger charge is 2.45. The summed E-state index contributed by atoms with van der Waals surface area (Å²) in [4.78, 5) is 10.8. The predicted molar refractivity (Wildman–Crippen MR) is 56.6 cm³/mol. The molecule has 2 atom stereocenters. The van der Waals surface area contributed by atoms with Crippen LogP contribution in [0.2, 0.25) is 0 Å². The molecule has 0 bridgehead atoms. The minimum Gasteiger partial charge on any atom is -0.382 e. The molecule has 0 aromatic carbocycles. The minimum atomic E-state index is -1.17. The summed E-state index contributed by atoms with van der Waals surface area (Å²) < 4.78 is 5.87. The number of rotatable bonds is 2. The second kappa shape index (κ2) is 3.87. The van der Waals surface area contributed by atoms with Crippen molar-refractivity contribution in [2.75, 3.05) is 6.61 Å². The maximum Gasteiger partial charge on any atom is 0.151 e. The summed E-state index contributed by atoms with van der Waals surface area (Å²) in [6.45, 7) is 2.31. The standard InChI is InChI=1S/C12H20O3/c1-11(14,9-13)10-4-7-15-12(8-10)5-2-3-6-12/h9-10,14H,2-8H2,1H3. The smallest absolute Gasteiger partial charge is 0.151 e. The van der Waals surface area contributed by atoms with E-state index in [1.807, 2.05) is 0 Å². The molecule has 0 amide bonds. The van der Waals surface area contributed by atoms with E-state index in [9.17, 15) is 9.90 Å². The second-order valence-electron chi connectivity index (χ2n) is 5.27. The Labute approximate surface area is 90.8 Å². The number of carbonyl (C=O) groups excluding carboxylic acids is 1. The van der Waals surface area contributed by atoms with E-state index in [0.29, 0.717) is 12.9 Å². The fourth-order valence-electron chi connectivity index (χ4n) is 2.99. The number of hydrogen-bond acceptors (Lipinski definition) is 3. The van der Waals surface area contributed by atoms with Crippen LogP contribution in [0.4, 0.5) is 0 Å². The third-order valence-electron chi connectivity index (χ3n) is 4.07. The van der Waals surface area contributed by atoms with Crippen molar-refractivity contribution in [3.05, 3.63) is 0 Å². The van der Waals surface area contributed by atoms with Gasteiger partial charge in [0.1, 0.15) is 5.60 Å². The topological polar surface area (TPSA) is 46.5 Å². The molecular weight excluding hydrogens is 192 g/mol. The highest BCUT2D eigenvalue weighted by Crippen LogP contribution is 2.44. The molecule has 0 radical (unpaired) electrons. The van der Waals surface area contributed by atoms with E-state index in [4.69, 9.17) is 4.74 Å². The van der Waals surface area contributed by atoms with Crippen LogP contribution in [0, 0.1) is 5.92 Å². The molecule has 3 nitrogen and oxygen atoms in total. The van der Waals surface area contributed by atoms with Gasteiger partial charge < -0.3 is 14.6 Å². The SMILES string of the molecule is CC(O)(C=O)C1CCOC2(CCCC2)C1. The summed E-state index contributed by atoms with van der Waals surface area (Å²) in [7, 11) is 0. The van der Waals surface area contributed by atoms with Gasteiger partial charge in [-0.25, -0.2) is 0 Å². The van der Waals surface area contributed by atoms with Crippen molar-refractivity contribution >= 4 is 6.29 Å². The predicted octanol–water partition coefficient (Wildman–Crippen LogP) is 1.68. The summed E-state index contributed by atoms with van der Waals surface area (Å²) in [5.41, 5.74) is -1.19. The van der Waals surface area contributed by atoms with Crippen LogP contribution >= 0.6 is 0 Å². The molecule has 1 aliphatic carbocycles. The van der Waals surface area contributed by atoms with Crippen LogP contribution < -0.4 is 0 Å². The van der Waals surface area contributed by atoms with Crippen LogP contribution in [0.5, 0.6) is 0 Å². The lowest BCUT2D eigenvalue weighted by Gasteiger charge is -2.42. The van der Waals surface area contributed by atoms with E-state index < -0.39 is 5.60 Å². The van der Waals surface area contributed by atoms with Gasteiger partial charge in [-0.05, 0) is 38.5 Å². The van der Waals surface area contributed by atoms with Crippen LogP contribution in [0.1, 0.15) is 45.4 Å². The summed E-state index contributed by atoms with van der Waals surface area (Å²) in [5.74, 6) is 0.0712. The van der Waals surface area contributed by atoms with Crippen molar-refractivity contribution in [2.24, 2.45) is 5.92 Å². The summed E-state index contributed by atoms with van der Waals surface area (Å²) in [6, 6.07) is 0. The molecule has 1 aliphatic heterocycles. The molecule has 1 heterocycles. The monoisotopic (exact) mass is 212 g/mol. The number of ether oxygens (including phenoxy) is 1. The van der Waals surface area contributed by atoms with Gasteiger partial charge in [-0.2, -0.15) is 0 Å². The summed E-state index contributed by atoms with van der Waals surface area (Å²) in [5, 5.41) is 9.97. The molecule has 1 saturated carbocycles. The molecule has 1 saturated heterocycles. The first-order chi connectivity index (χ1) is 7.08. The van der Waals surface area contributed by atoms with Crippen molar-refractivity contribution in [1.29, 1.82) is 0 Å². The fourth-order valence-corrected chi connectivity index (χ4v) is 2.99. The summed E-state index contributed by atoms with van der Waals surface area (Å²) in [6.07, 6.45) is 6.96. The molecule has 0 aromatic heterocycles. The van der Waals surface area contributed by atoms with Gasteiger partial charge in [0.05, 0.1) is 5.60 Å². The number of aldehydes is 1. The average molecular weight is 212 g/mol. The third-order valence-corrected chi connectivity index (χ3v) is 4.07. The van der Waals surface area contributed by atoms with Crippen LogP contribution in [0.25, 0.3) is 0 Å². The van der Waals surface area contributed by atoms with Gasteiger partial charge in [0.25, 0.3) is 0 Å². The van der Waals surface area contributed by atoms with E-state index in [-0.39, 0.29) is 11.5 Å². The van der Waals surface area contributed by atoms with E-state index in [1.165, 1.54) is 12.8 Å². The lowest BCUT2D eigenvalue weighted by atomic mass is 9.76. The quantitative estimate of drug-likeness (QED) is 0.708. The number of hydrogen-bond donors (Lipinski definition) is 1. The van der Waals surface area contributed by atoms with Gasteiger partial charge in [-0.15, -0.1) is 0 Å². The highest BCUT2D eigenvalue weighted by atomic mass is 16.5. The molecule has 86 valence electrons. The van der Waals surface area contributed by atoms with Crippen molar-refractivity contribution in [1.82, 2.24) is 0 Å². The Kier molecular flexibility index (Phi) is 2.86. The summed E-state index contributed by atoms with van der Waals surface area (Å²) >= 11 is 0. The van der Waals surface area contributed by atoms with Gasteiger partial charge in [0, 0.05) is 6.61 Å². The van der Waals surface area contributed by atoms with E-state index >= 15 is 0 Å². The van der Waals surface area contributed by atoms with Crippen LogP contribution in [-0.2, 0) is 9.53 Å². The van der Waals surface area contributed by atoms with Crippen molar-refractivity contribution < 1.29 is 14.6 Å². The van der Waals surface area contributed by atoms with E-state index in [0.717, 1.165) is 25.7 Å².